The zero-order valence-electron chi connectivity index (χ0n) is 6.49. The van der Waals surface area contributed by atoms with E-state index in [4.69, 9.17) is 10.8 Å². The summed E-state index contributed by atoms with van der Waals surface area (Å²) in [6, 6.07) is 0.195. The van der Waals surface area contributed by atoms with Gasteiger partial charge in [-0.15, -0.1) is 11.8 Å². The van der Waals surface area contributed by atoms with Gasteiger partial charge in [-0.1, -0.05) is 0 Å². The molecule has 64 valence electrons. The van der Waals surface area contributed by atoms with Crippen LogP contribution < -0.4 is 5.73 Å². The maximum atomic E-state index is 9.97. The number of hydrogen-bond acceptors (Lipinski definition) is 3. The molecule has 0 aromatic rings. The number of carboxylic acid groups (broad SMARTS) is 1. The lowest BCUT2D eigenvalue weighted by Crippen LogP contribution is -2.14. The molecule has 0 fully saturated rings. The molecule has 0 amide bonds. The number of aliphatic carboxylic acids is 1. The van der Waals surface area contributed by atoms with Gasteiger partial charge in [-0.25, -0.2) is 4.79 Å². The lowest BCUT2D eigenvalue weighted by molar-refractivity contribution is -0.131. The van der Waals surface area contributed by atoms with E-state index in [0.29, 0.717) is 0 Å². The van der Waals surface area contributed by atoms with E-state index in [1.807, 2.05) is 6.92 Å². The van der Waals surface area contributed by atoms with Crippen molar-refractivity contribution >= 4 is 17.7 Å². The van der Waals surface area contributed by atoms with E-state index in [2.05, 4.69) is 0 Å². The minimum absolute atomic E-state index is 0.195. The minimum atomic E-state index is -0.904. The van der Waals surface area contributed by atoms with Crippen molar-refractivity contribution in [2.75, 3.05) is 5.75 Å². The summed E-state index contributed by atoms with van der Waals surface area (Å²) in [4.78, 5) is 9.97. The second kappa shape index (κ2) is 6.24. The first-order chi connectivity index (χ1) is 5.13. The quantitative estimate of drug-likeness (QED) is 0.484. The van der Waals surface area contributed by atoms with E-state index in [1.165, 1.54) is 11.8 Å². The van der Waals surface area contributed by atoms with Crippen molar-refractivity contribution in [2.45, 2.75) is 19.4 Å². The molecule has 0 saturated carbocycles. The highest BCUT2D eigenvalue weighted by molar-refractivity contribution is 8.02. The maximum Gasteiger partial charge on any atom is 0.328 e. The van der Waals surface area contributed by atoms with Gasteiger partial charge in [0.25, 0.3) is 0 Å². The van der Waals surface area contributed by atoms with Crippen molar-refractivity contribution in [3.8, 4) is 0 Å². The van der Waals surface area contributed by atoms with Gasteiger partial charge in [-0.2, -0.15) is 0 Å². The first-order valence-corrected chi connectivity index (χ1v) is 4.44. The van der Waals surface area contributed by atoms with Gasteiger partial charge in [-0.05, 0) is 24.5 Å². The molecule has 3 nitrogen and oxygen atoms in total. The summed E-state index contributed by atoms with van der Waals surface area (Å²) in [6.07, 6.45) is 2.04. The Morgan fingerprint density at radius 3 is 2.91 bits per heavy atom. The zero-order chi connectivity index (χ0) is 8.69. The molecule has 11 heavy (non-hydrogen) atoms. The van der Waals surface area contributed by atoms with Crippen LogP contribution in [-0.4, -0.2) is 22.9 Å². The number of nitrogens with two attached hydrogens (primary N) is 1. The van der Waals surface area contributed by atoms with Gasteiger partial charge in [-0.3, -0.25) is 0 Å². The van der Waals surface area contributed by atoms with Crippen LogP contribution in [-0.2, 0) is 4.79 Å². The molecule has 0 aromatic heterocycles. The Morgan fingerprint density at radius 1 is 1.82 bits per heavy atom. The Hall–Kier alpha value is -0.480. The van der Waals surface area contributed by atoms with E-state index in [0.717, 1.165) is 18.2 Å². The molecule has 0 bridgehead atoms. The van der Waals surface area contributed by atoms with Crippen LogP contribution in [0.2, 0.25) is 0 Å². The molecule has 0 spiro atoms. The molecule has 0 aliphatic carbocycles. The van der Waals surface area contributed by atoms with Crippen molar-refractivity contribution in [3.63, 3.8) is 0 Å². The van der Waals surface area contributed by atoms with Gasteiger partial charge in [0.2, 0.25) is 0 Å². The molecule has 0 aliphatic heterocycles. The Bertz CT molecular complexity index is 145. The zero-order valence-corrected chi connectivity index (χ0v) is 7.30. The highest BCUT2D eigenvalue weighted by Gasteiger charge is 1.92. The predicted octanol–water partition coefficient (Wildman–Crippen LogP) is 1.06. The second-order valence-electron chi connectivity index (χ2n) is 2.28. The fraction of sp³-hybridized carbons (Fsp3) is 0.571. The normalized spacial score (nSPS) is 13.6. The summed E-state index contributed by atoms with van der Waals surface area (Å²) in [5.41, 5.74) is 5.48. The van der Waals surface area contributed by atoms with Crippen LogP contribution in [0.5, 0.6) is 0 Å². The number of hydrogen-bond donors (Lipinski definition) is 2. The first kappa shape index (κ1) is 10.5. The van der Waals surface area contributed by atoms with Crippen LogP contribution >= 0.6 is 11.8 Å². The lowest BCUT2D eigenvalue weighted by Gasteiger charge is -2.00. The summed E-state index contributed by atoms with van der Waals surface area (Å²) in [5.74, 6) is -0.0279. The second-order valence-corrected chi connectivity index (χ2v) is 3.29. The van der Waals surface area contributed by atoms with Gasteiger partial charge in [0.15, 0.2) is 0 Å². The van der Waals surface area contributed by atoms with E-state index in [-0.39, 0.29) is 6.04 Å². The summed E-state index contributed by atoms with van der Waals surface area (Å²) >= 11 is 1.47. The average molecular weight is 175 g/mol. The molecule has 0 aliphatic rings. The SMILES string of the molecule is CC(N)CCSC=CC(=O)O. The Labute approximate surface area is 70.7 Å². The Kier molecular flexibility index (Phi) is 5.97. The molecule has 4 heteroatoms. The number of carboxylic acids is 1. The highest BCUT2D eigenvalue weighted by atomic mass is 32.2. The van der Waals surface area contributed by atoms with Crippen LogP contribution in [0.4, 0.5) is 0 Å². The smallest absolute Gasteiger partial charge is 0.328 e. The molecule has 1 atom stereocenters. The summed E-state index contributed by atoms with van der Waals surface area (Å²) in [6.45, 7) is 1.93. The van der Waals surface area contributed by atoms with Crippen molar-refractivity contribution in [1.82, 2.24) is 0 Å². The van der Waals surface area contributed by atoms with Crippen LogP contribution in [0.3, 0.4) is 0 Å². The minimum Gasteiger partial charge on any atom is -0.478 e. The van der Waals surface area contributed by atoms with Crippen LogP contribution in [0.25, 0.3) is 0 Å². The van der Waals surface area contributed by atoms with Gasteiger partial charge in [0.05, 0.1) is 0 Å². The largest absolute Gasteiger partial charge is 0.478 e. The fourth-order valence-electron chi connectivity index (χ4n) is 0.428. The molecular formula is C7H13NO2S. The van der Waals surface area contributed by atoms with Crippen LogP contribution in [0, 0.1) is 0 Å². The van der Waals surface area contributed by atoms with Crippen LogP contribution in [0.1, 0.15) is 13.3 Å². The van der Waals surface area contributed by atoms with Crippen molar-refractivity contribution in [2.24, 2.45) is 5.73 Å². The summed E-state index contributed by atoms with van der Waals surface area (Å²) in [5, 5.41) is 9.77. The molecule has 1 unspecified atom stereocenters. The van der Waals surface area contributed by atoms with Crippen molar-refractivity contribution < 1.29 is 9.90 Å². The number of rotatable bonds is 5. The van der Waals surface area contributed by atoms with E-state index in [9.17, 15) is 4.79 Å². The number of thioether (sulfide) groups is 1. The molecule has 3 N–H and O–H groups in total. The van der Waals surface area contributed by atoms with Crippen molar-refractivity contribution in [3.05, 3.63) is 11.5 Å². The van der Waals surface area contributed by atoms with Crippen molar-refractivity contribution in [1.29, 1.82) is 0 Å². The molecule has 0 rings (SSSR count). The van der Waals surface area contributed by atoms with E-state index in [1.54, 1.807) is 5.41 Å². The molecule has 0 saturated heterocycles. The molecular weight excluding hydrogens is 162 g/mol. The molecule has 0 aromatic carbocycles. The number of carbonyl (C=O) groups is 1. The Morgan fingerprint density at radius 2 is 2.45 bits per heavy atom. The lowest BCUT2D eigenvalue weighted by atomic mass is 10.3. The topological polar surface area (TPSA) is 63.3 Å². The summed E-state index contributed by atoms with van der Waals surface area (Å²) < 4.78 is 0. The maximum absolute atomic E-state index is 9.97. The highest BCUT2D eigenvalue weighted by Crippen LogP contribution is 2.04. The average Bonchev–Trinajstić information content (AvgIpc) is 1.85. The van der Waals surface area contributed by atoms with E-state index >= 15 is 0 Å². The van der Waals surface area contributed by atoms with Gasteiger partial charge >= 0.3 is 5.97 Å². The monoisotopic (exact) mass is 175 g/mol. The standard InChI is InChI=1S/C7H13NO2S/c1-6(8)2-4-11-5-3-7(9)10/h3,5-6H,2,4,8H2,1H3,(H,9,10). The van der Waals surface area contributed by atoms with Gasteiger partial charge < -0.3 is 10.8 Å². The third kappa shape index (κ3) is 9.52. The Balaban J connectivity index is 3.21. The molecule has 0 radical (unpaired) electrons. The van der Waals surface area contributed by atoms with Gasteiger partial charge in [0.1, 0.15) is 0 Å². The fourth-order valence-corrected chi connectivity index (χ4v) is 1.28. The predicted molar refractivity (Wildman–Crippen MR) is 47.5 cm³/mol. The van der Waals surface area contributed by atoms with Gasteiger partial charge in [0, 0.05) is 12.1 Å². The molecule has 0 heterocycles. The van der Waals surface area contributed by atoms with E-state index < -0.39 is 5.97 Å². The third-order valence-corrected chi connectivity index (χ3v) is 1.80. The first-order valence-electron chi connectivity index (χ1n) is 3.39. The van der Waals surface area contributed by atoms with Crippen LogP contribution in [0.15, 0.2) is 11.5 Å². The third-order valence-electron chi connectivity index (χ3n) is 0.998. The summed E-state index contributed by atoms with van der Waals surface area (Å²) in [7, 11) is 0.